The number of fused-ring (bicyclic) bond motifs is 1. The summed E-state index contributed by atoms with van der Waals surface area (Å²) in [7, 11) is 1.61. The largest absolute Gasteiger partial charge is 0.497 e. The molecule has 0 radical (unpaired) electrons. The van der Waals surface area contributed by atoms with E-state index in [1.165, 1.54) is 0 Å². The molecule has 6 heteroatoms. The fourth-order valence-electron chi connectivity index (χ4n) is 3.03. The van der Waals surface area contributed by atoms with E-state index >= 15 is 0 Å². The highest BCUT2D eigenvalue weighted by molar-refractivity contribution is 5.98. The topological polar surface area (TPSA) is 65.6 Å². The van der Waals surface area contributed by atoms with Gasteiger partial charge >= 0.3 is 0 Å². The highest BCUT2D eigenvalue weighted by atomic mass is 16.5. The Hall–Kier alpha value is -2.94. The summed E-state index contributed by atoms with van der Waals surface area (Å²) in [5.41, 5.74) is 1.42. The molecule has 1 aromatic heterocycles. The van der Waals surface area contributed by atoms with Gasteiger partial charge in [0, 0.05) is 43.1 Å². The predicted molar refractivity (Wildman–Crippen MR) is 95.4 cm³/mol. The molecule has 130 valence electrons. The number of ether oxygens (including phenoxy) is 1. The number of hydrogen-bond donors (Lipinski definition) is 1. The molecule has 0 spiro atoms. The first-order valence-corrected chi connectivity index (χ1v) is 8.30. The molecule has 2 heterocycles. The van der Waals surface area contributed by atoms with Gasteiger partial charge < -0.3 is 19.5 Å². The van der Waals surface area contributed by atoms with E-state index in [-0.39, 0.29) is 11.8 Å². The molecule has 1 saturated heterocycles. The third kappa shape index (κ3) is 3.61. The average molecular weight is 339 g/mol. The summed E-state index contributed by atoms with van der Waals surface area (Å²) in [6.07, 6.45) is 0.747. The highest BCUT2D eigenvalue weighted by Gasteiger charge is 2.23. The van der Waals surface area contributed by atoms with Crippen LogP contribution < -0.4 is 4.74 Å². The predicted octanol–water partition coefficient (Wildman–Crippen LogP) is 1.87. The number of aromatic nitrogens is 1. The summed E-state index contributed by atoms with van der Waals surface area (Å²) in [6.45, 7) is 3.92. The van der Waals surface area contributed by atoms with Gasteiger partial charge in [-0.15, -0.1) is 0 Å². The summed E-state index contributed by atoms with van der Waals surface area (Å²) in [4.78, 5) is 31.4. The Morgan fingerprint density at radius 1 is 1.12 bits per heavy atom. The van der Waals surface area contributed by atoms with Gasteiger partial charge in [0.1, 0.15) is 11.4 Å². The number of carbonyl (C=O) groups excluding carboxylic acids is 2. The second-order valence-corrected chi connectivity index (χ2v) is 5.95. The summed E-state index contributed by atoms with van der Waals surface area (Å²) >= 11 is 0. The normalized spacial score (nSPS) is 14.6. The highest BCUT2D eigenvalue weighted by Crippen LogP contribution is 2.22. The van der Waals surface area contributed by atoms with Crippen molar-refractivity contribution in [3.05, 3.63) is 30.0 Å². The maximum absolute atomic E-state index is 12.8. The van der Waals surface area contributed by atoms with Crippen molar-refractivity contribution in [1.29, 1.82) is 0 Å². The van der Waals surface area contributed by atoms with Crippen LogP contribution in [0, 0.1) is 11.8 Å². The number of nitrogens with zero attached hydrogens (tertiary/aromatic N) is 2. The zero-order valence-corrected chi connectivity index (χ0v) is 14.5. The Balaban J connectivity index is 1.74. The number of amides is 2. The smallest absolute Gasteiger partial charge is 0.298 e. The van der Waals surface area contributed by atoms with Crippen LogP contribution in [0.4, 0.5) is 0 Å². The number of benzene rings is 1. The lowest BCUT2D eigenvalue weighted by Crippen LogP contribution is -2.37. The third-order valence-electron chi connectivity index (χ3n) is 4.36. The van der Waals surface area contributed by atoms with Gasteiger partial charge in [-0.3, -0.25) is 9.59 Å². The fourth-order valence-corrected chi connectivity index (χ4v) is 3.03. The van der Waals surface area contributed by atoms with E-state index in [2.05, 4.69) is 16.8 Å². The lowest BCUT2D eigenvalue weighted by Gasteiger charge is -2.20. The van der Waals surface area contributed by atoms with Crippen LogP contribution >= 0.6 is 0 Å². The molecule has 0 bridgehead atoms. The second kappa shape index (κ2) is 7.31. The van der Waals surface area contributed by atoms with Crippen LogP contribution in [0.1, 0.15) is 23.8 Å². The van der Waals surface area contributed by atoms with Gasteiger partial charge in [0.2, 0.25) is 0 Å². The Morgan fingerprint density at radius 3 is 2.64 bits per heavy atom. The van der Waals surface area contributed by atoms with Gasteiger partial charge in [-0.05, 0) is 37.5 Å². The molecule has 25 heavy (non-hydrogen) atoms. The van der Waals surface area contributed by atoms with Gasteiger partial charge in [-0.25, -0.2) is 0 Å². The van der Waals surface area contributed by atoms with Crippen LogP contribution in [0.2, 0.25) is 0 Å². The molecule has 3 rings (SSSR count). The lowest BCUT2D eigenvalue weighted by molar-refractivity contribution is -0.124. The summed E-state index contributed by atoms with van der Waals surface area (Å²) in [6, 6.07) is 7.52. The SMILES string of the molecule is CC#CC(=O)N1CCCN(C(=O)c2cc3ccc(OC)cc3[nH]2)CC1. The first-order valence-electron chi connectivity index (χ1n) is 8.30. The van der Waals surface area contributed by atoms with Gasteiger partial charge in [0.15, 0.2) is 0 Å². The number of aromatic amines is 1. The van der Waals surface area contributed by atoms with Gasteiger partial charge in [-0.2, -0.15) is 0 Å². The number of H-pyrrole nitrogens is 1. The van der Waals surface area contributed by atoms with Gasteiger partial charge in [0.25, 0.3) is 11.8 Å². The molecular formula is C19H21N3O3. The minimum absolute atomic E-state index is 0.0500. The fraction of sp³-hybridized carbons (Fsp3) is 0.368. The Morgan fingerprint density at radius 2 is 1.88 bits per heavy atom. The van der Waals surface area contributed by atoms with Crippen molar-refractivity contribution in [3.8, 4) is 17.6 Å². The molecule has 1 aromatic carbocycles. The van der Waals surface area contributed by atoms with Crippen molar-refractivity contribution in [1.82, 2.24) is 14.8 Å². The molecule has 2 aromatic rings. The zero-order chi connectivity index (χ0) is 17.8. The molecule has 0 unspecified atom stereocenters. The van der Waals surface area contributed by atoms with Crippen LogP contribution in [-0.2, 0) is 4.79 Å². The van der Waals surface area contributed by atoms with Crippen molar-refractivity contribution in [2.45, 2.75) is 13.3 Å². The molecule has 1 aliphatic heterocycles. The van der Waals surface area contributed by atoms with Crippen LogP contribution in [0.15, 0.2) is 24.3 Å². The molecule has 2 amide bonds. The molecule has 0 saturated carbocycles. The Kier molecular flexibility index (Phi) is 4.94. The van der Waals surface area contributed by atoms with E-state index in [0.29, 0.717) is 31.9 Å². The van der Waals surface area contributed by atoms with Gasteiger partial charge in [-0.1, -0.05) is 5.92 Å². The minimum Gasteiger partial charge on any atom is -0.497 e. The van der Waals surface area contributed by atoms with Crippen molar-refractivity contribution in [3.63, 3.8) is 0 Å². The van der Waals surface area contributed by atoms with Crippen LogP contribution in [0.25, 0.3) is 10.9 Å². The number of methoxy groups -OCH3 is 1. The molecule has 1 fully saturated rings. The quantitative estimate of drug-likeness (QED) is 0.850. The van der Waals surface area contributed by atoms with E-state index < -0.39 is 0 Å². The van der Waals surface area contributed by atoms with Crippen LogP contribution in [0.5, 0.6) is 5.75 Å². The molecular weight excluding hydrogens is 318 g/mol. The minimum atomic E-state index is -0.172. The summed E-state index contributed by atoms with van der Waals surface area (Å²) in [5.74, 6) is 5.72. The number of rotatable bonds is 2. The van der Waals surface area contributed by atoms with E-state index in [0.717, 1.165) is 23.1 Å². The molecule has 1 N–H and O–H groups in total. The van der Waals surface area contributed by atoms with Crippen molar-refractivity contribution in [2.75, 3.05) is 33.3 Å². The molecule has 0 aliphatic carbocycles. The second-order valence-electron chi connectivity index (χ2n) is 5.95. The third-order valence-corrected chi connectivity index (χ3v) is 4.36. The van der Waals surface area contributed by atoms with E-state index in [1.54, 1.807) is 23.8 Å². The lowest BCUT2D eigenvalue weighted by atomic mass is 10.2. The van der Waals surface area contributed by atoms with Crippen molar-refractivity contribution >= 4 is 22.7 Å². The zero-order valence-electron chi connectivity index (χ0n) is 14.5. The maximum Gasteiger partial charge on any atom is 0.298 e. The molecule has 1 aliphatic rings. The summed E-state index contributed by atoms with van der Waals surface area (Å²) < 4.78 is 5.22. The number of carbonyl (C=O) groups is 2. The van der Waals surface area contributed by atoms with E-state index in [9.17, 15) is 9.59 Å². The van der Waals surface area contributed by atoms with Crippen LogP contribution in [0.3, 0.4) is 0 Å². The first-order chi connectivity index (χ1) is 12.1. The van der Waals surface area contributed by atoms with Crippen molar-refractivity contribution < 1.29 is 14.3 Å². The maximum atomic E-state index is 12.8. The monoisotopic (exact) mass is 339 g/mol. The standard InChI is InChI=1S/C19H21N3O3/c1-3-5-18(23)21-8-4-9-22(11-10-21)19(24)17-12-14-6-7-15(25-2)13-16(14)20-17/h6-7,12-13,20H,4,8-11H2,1-2H3. The molecule has 6 nitrogen and oxygen atoms in total. The number of nitrogens with one attached hydrogen (secondary N) is 1. The molecule has 0 atom stereocenters. The number of hydrogen-bond acceptors (Lipinski definition) is 3. The summed E-state index contributed by atoms with van der Waals surface area (Å²) in [5, 5.41) is 0.967. The Bertz CT molecular complexity index is 860. The van der Waals surface area contributed by atoms with E-state index in [1.807, 2.05) is 24.3 Å². The Labute approximate surface area is 146 Å². The van der Waals surface area contributed by atoms with Gasteiger partial charge in [0.05, 0.1) is 7.11 Å². The average Bonchev–Trinajstić information content (AvgIpc) is 2.89. The first kappa shape index (κ1) is 16.9. The van der Waals surface area contributed by atoms with Crippen LogP contribution in [-0.4, -0.2) is 59.9 Å². The van der Waals surface area contributed by atoms with E-state index in [4.69, 9.17) is 4.74 Å². The van der Waals surface area contributed by atoms with Crippen molar-refractivity contribution in [2.24, 2.45) is 0 Å².